The van der Waals surface area contributed by atoms with Crippen LogP contribution >= 0.6 is 24.2 Å². The molecule has 10 heteroatoms. The zero-order chi connectivity index (χ0) is 15.3. The molecule has 0 bridgehead atoms. The topological polar surface area (TPSA) is 98.3 Å². The predicted octanol–water partition coefficient (Wildman–Crippen LogP) is 2.06. The molecule has 0 aliphatic carbocycles. The van der Waals surface area contributed by atoms with Crippen LogP contribution in [-0.2, 0) is 0 Å². The Kier molecular flexibility index (Phi) is 7.55. The van der Waals surface area contributed by atoms with Crippen LogP contribution in [0.15, 0.2) is 23.1 Å². The van der Waals surface area contributed by atoms with Crippen molar-refractivity contribution < 1.29 is 18.5 Å². The Hall–Kier alpha value is -1.45. The molecular weight excluding hydrogens is 328 g/mol. The van der Waals surface area contributed by atoms with Crippen LogP contribution in [0.2, 0.25) is 0 Å². The van der Waals surface area contributed by atoms with Crippen LogP contribution in [0.25, 0.3) is 0 Å². The third kappa shape index (κ3) is 5.44. The summed E-state index contributed by atoms with van der Waals surface area (Å²) >= 11 is 1.16. The summed E-state index contributed by atoms with van der Waals surface area (Å²) in [4.78, 5) is 22.3. The number of carbonyl (C=O) groups excluding carboxylic acids is 1. The van der Waals surface area contributed by atoms with Crippen LogP contribution in [0.4, 0.5) is 14.5 Å². The number of amides is 1. The Labute approximate surface area is 130 Å². The van der Waals surface area contributed by atoms with Crippen LogP contribution in [0.1, 0.15) is 10.4 Å². The molecule has 0 aromatic heterocycles. The molecule has 0 unspecified atom stereocenters. The van der Waals surface area contributed by atoms with E-state index >= 15 is 0 Å². The van der Waals surface area contributed by atoms with Crippen LogP contribution in [0, 0.1) is 10.1 Å². The van der Waals surface area contributed by atoms with E-state index in [1.165, 1.54) is 12.1 Å². The zero-order valence-electron chi connectivity index (χ0n) is 11.0. The van der Waals surface area contributed by atoms with Gasteiger partial charge in [0.25, 0.3) is 17.5 Å². The van der Waals surface area contributed by atoms with Crippen molar-refractivity contribution >= 4 is 35.8 Å². The molecule has 1 aromatic carbocycles. The molecule has 0 saturated carbocycles. The van der Waals surface area contributed by atoms with Crippen LogP contribution in [0.5, 0.6) is 0 Å². The average molecular weight is 342 g/mol. The molecule has 118 valence electrons. The van der Waals surface area contributed by atoms with Crippen molar-refractivity contribution in [3.05, 3.63) is 33.9 Å². The summed E-state index contributed by atoms with van der Waals surface area (Å²) in [6, 6.07) is 3.80. The van der Waals surface area contributed by atoms with Gasteiger partial charge in [0.15, 0.2) is 0 Å². The van der Waals surface area contributed by atoms with E-state index in [0.29, 0.717) is 4.90 Å². The second-order valence-electron chi connectivity index (χ2n) is 3.89. The van der Waals surface area contributed by atoms with Gasteiger partial charge in [-0.3, -0.25) is 14.9 Å². The van der Waals surface area contributed by atoms with Crippen LogP contribution in [0.3, 0.4) is 0 Å². The Morgan fingerprint density at radius 2 is 2.14 bits per heavy atom. The van der Waals surface area contributed by atoms with E-state index in [1.54, 1.807) is 6.26 Å². The number of nitrogens with one attached hydrogen (secondary N) is 1. The molecule has 0 saturated heterocycles. The van der Waals surface area contributed by atoms with Gasteiger partial charge in [-0.25, -0.2) is 8.78 Å². The molecule has 0 aliphatic heterocycles. The number of nitrogens with zero attached hydrogens (tertiary/aromatic N) is 1. The maximum Gasteiger partial charge on any atom is 0.283 e. The van der Waals surface area contributed by atoms with Crippen LogP contribution < -0.4 is 11.1 Å². The van der Waals surface area contributed by atoms with Gasteiger partial charge in [0.2, 0.25) is 0 Å². The van der Waals surface area contributed by atoms with E-state index in [2.05, 4.69) is 0 Å². The predicted molar refractivity (Wildman–Crippen MR) is 78.5 cm³/mol. The highest BCUT2D eigenvalue weighted by Crippen LogP contribution is 2.28. The highest BCUT2D eigenvalue weighted by Gasteiger charge is 2.27. The number of nitro benzene ring substituents is 1. The number of halogens is 3. The molecule has 1 aromatic rings. The Morgan fingerprint density at radius 1 is 1.52 bits per heavy atom. The number of benzene rings is 1. The molecule has 0 spiro atoms. The number of thioether (sulfide) groups is 1. The maximum atomic E-state index is 12.9. The highest BCUT2D eigenvalue weighted by molar-refractivity contribution is 7.98. The first-order valence-electron chi connectivity index (χ1n) is 5.49. The minimum atomic E-state index is -3.21. The van der Waals surface area contributed by atoms with E-state index in [1.807, 2.05) is 5.32 Å². The van der Waals surface area contributed by atoms with Crippen molar-refractivity contribution in [1.29, 1.82) is 0 Å². The van der Waals surface area contributed by atoms with Gasteiger partial charge in [-0.1, -0.05) is 0 Å². The van der Waals surface area contributed by atoms with Crippen molar-refractivity contribution in [2.45, 2.75) is 10.8 Å². The zero-order valence-corrected chi connectivity index (χ0v) is 12.6. The summed E-state index contributed by atoms with van der Waals surface area (Å²) in [6.45, 7) is -1.81. The van der Waals surface area contributed by atoms with Crippen LogP contribution in [-0.4, -0.2) is 36.1 Å². The number of alkyl halides is 2. The number of nitrogens with two attached hydrogens (primary N) is 1. The normalized spacial score (nSPS) is 10.7. The van der Waals surface area contributed by atoms with Gasteiger partial charge >= 0.3 is 0 Å². The van der Waals surface area contributed by atoms with Gasteiger partial charge in [0.05, 0.1) is 22.9 Å². The maximum absolute atomic E-state index is 12.9. The van der Waals surface area contributed by atoms with Gasteiger partial charge in [0.1, 0.15) is 0 Å². The van der Waals surface area contributed by atoms with E-state index in [4.69, 9.17) is 5.73 Å². The van der Waals surface area contributed by atoms with E-state index in [9.17, 15) is 23.7 Å². The monoisotopic (exact) mass is 341 g/mol. The minimum Gasteiger partial charge on any atom is -0.346 e. The number of carbonyl (C=O) groups is 1. The lowest BCUT2D eigenvalue weighted by Crippen LogP contribution is -2.41. The molecule has 0 atom stereocenters. The third-order valence-corrected chi connectivity index (χ3v) is 3.23. The summed E-state index contributed by atoms with van der Waals surface area (Å²) in [5, 5.41) is 12.8. The molecular formula is C11H14ClF2N3O3S. The summed E-state index contributed by atoms with van der Waals surface area (Å²) in [7, 11) is 0. The van der Waals surface area contributed by atoms with Gasteiger partial charge < -0.3 is 11.1 Å². The summed E-state index contributed by atoms with van der Waals surface area (Å²) < 4.78 is 25.8. The highest BCUT2D eigenvalue weighted by atomic mass is 35.5. The smallest absolute Gasteiger partial charge is 0.283 e. The third-order valence-electron chi connectivity index (χ3n) is 2.44. The molecule has 0 fully saturated rings. The molecule has 0 radical (unpaired) electrons. The fourth-order valence-electron chi connectivity index (χ4n) is 1.36. The van der Waals surface area contributed by atoms with Gasteiger partial charge in [-0.15, -0.1) is 24.2 Å². The molecule has 0 heterocycles. The van der Waals surface area contributed by atoms with Crippen molar-refractivity contribution in [1.82, 2.24) is 5.32 Å². The first-order valence-corrected chi connectivity index (χ1v) is 6.71. The minimum absolute atomic E-state index is 0. The fourth-order valence-corrected chi connectivity index (χ4v) is 1.90. The van der Waals surface area contributed by atoms with Crippen molar-refractivity contribution in [3.63, 3.8) is 0 Å². The lowest BCUT2D eigenvalue weighted by Gasteiger charge is -2.14. The molecule has 6 nitrogen and oxygen atoms in total. The van der Waals surface area contributed by atoms with E-state index in [0.717, 1.165) is 17.8 Å². The molecule has 1 amide bonds. The molecule has 3 N–H and O–H groups in total. The number of nitro groups is 1. The van der Waals surface area contributed by atoms with Crippen molar-refractivity contribution in [2.75, 3.05) is 19.3 Å². The fraction of sp³-hybridized carbons (Fsp3) is 0.364. The van der Waals surface area contributed by atoms with Crippen molar-refractivity contribution in [3.8, 4) is 0 Å². The summed E-state index contributed by atoms with van der Waals surface area (Å²) in [5.41, 5.74) is 4.55. The quantitative estimate of drug-likeness (QED) is 0.469. The first-order chi connectivity index (χ1) is 9.30. The summed E-state index contributed by atoms with van der Waals surface area (Å²) in [6.07, 6.45) is 1.66. The Morgan fingerprint density at radius 3 is 2.62 bits per heavy atom. The second-order valence-corrected chi connectivity index (χ2v) is 4.73. The molecule has 1 rings (SSSR count). The Bertz CT molecular complexity index is 531. The summed E-state index contributed by atoms with van der Waals surface area (Å²) in [5.74, 6) is -4.02. The lowest BCUT2D eigenvalue weighted by atomic mass is 10.2. The van der Waals surface area contributed by atoms with Gasteiger partial charge in [-0.2, -0.15) is 0 Å². The standard InChI is InChI=1S/C11H13F2N3O3S.ClH/c1-20-9-3-2-7(4-8(9)16(18)19)10(17)15-6-11(12,13)5-14;/h2-4H,5-6,14H2,1H3,(H,15,17);1H. The van der Waals surface area contributed by atoms with E-state index in [-0.39, 0.29) is 23.7 Å². The number of hydrogen-bond donors (Lipinski definition) is 2. The van der Waals surface area contributed by atoms with Gasteiger partial charge in [-0.05, 0) is 18.4 Å². The average Bonchev–Trinajstić information content (AvgIpc) is 2.44. The first kappa shape index (κ1) is 19.6. The number of hydrogen-bond acceptors (Lipinski definition) is 5. The lowest BCUT2D eigenvalue weighted by molar-refractivity contribution is -0.387. The molecule has 21 heavy (non-hydrogen) atoms. The van der Waals surface area contributed by atoms with Gasteiger partial charge in [0, 0.05) is 11.6 Å². The number of rotatable bonds is 6. The van der Waals surface area contributed by atoms with E-state index < -0.39 is 29.8 Å². The van der Waals surface area contributed by atoms with Crippen molar-refractivity contribution in [2.24, 2.45) is 5.73 Å². The SMILES string of the molecule is CSc1ccc(C(=O)NCC(F)(F)CN)cc1[N+](=O)[O-].Cl. The molecule has 0 aliphatic rings. The largest absolute Gasteiger partial charge is 0.346 e. The Balaban J connectivity index is 0.00000400. The second kappa shape index (κ2) is 8.11.